The average Bonchev–Trinajstić information content (AvgIpc) is 3.16. The van der Waals surface area contributed by atoms with E-state index in [1.807, 2.05) is 0 Å². The molecular weight excluding hydrogens is 404 g/mol. The molecule has 4 fully saturated rings. The zero-order chi connectivity index (χ0) is 23.1. The fourth-order valence-electron chi connectivity index (χ4n) is 9.44. The molecule has 1 aromatic rings. The van der Waals surface area contributed by atoms with Crippen molar-refractivity contribution in [2.75, 3.05) is 19.8 Å². The molecule has 1 aliphatic heterocycles. The lowest BCUT2D eigenvalue weighted by atomic mass is 9.46. The molecule has 1 heterocycles. The molecule has 1 aromatic carbocycles. The minimum atomic E-state index is 0.251. The molecule has 2 heteroatoms. The third kappa shape index (κ3) is 4.02. The van der Waals surface area contributed by atoms with Crippen molar-refractivity contribution in [3.8, 4) is 0 Å². The lowest BCUT2D eigenvalue weighted by molar-refractivity contribution is -0.209. The van der Waals surface area contributed by atoms with E-state index in [0.717, 1.165) is 56.0 Å². The normalized spacial score (nSPS) is 41.8. The molecule has 184 valence electrons. The SMILES string of the molecule is CCCC1C2CCC3(C)C(CCC3C3(COCc4ccccc4)COC3)C2CCC1(C)CC. The summed E-state index contributed by atoms with van der Waals surface area (Å²) in [4.78, 5) is 0. The number of benzene rings is 1. The van der Waals surface area contributed by atoms with E-state index in [-0.39, 0.29) is 5.41 Å². The van der Waals surface area contributed by atoms with Crippen molar-refractivity contribution < 1.29 is 9.47 Å². The number of hydrogen-bond acceptors (Lipinski definition) is 2. The Morgan fingerprint density at radius 1 is 0.939 bits per heavy atom. The summed E-state index contributed by atoms with van der Waals surface area (Å²) in [6.45, 7) is 13.6. The number of ether oxygens (including phenoxy) is 2. The second kappa shape index (κ2) is 9.30. The maximum Gasteiger partial charge on any atom is 0.0717 e. The van der Waals surface area contributed by atoms with Crippen LogP contribution < -0.4 is 0 Å². The van der Waals surface area contributed by atoms with Gasteiger partial charge in [-0.3, -0.25) is 0 Å². The second-order valence-electron chi connectivity index (χ2n) is 12.9. The van der Waals surface area contributed by atoms with Crippen LogP contribution in [0, 0.1) is 45.8 Å². The van der Waals surface area contributed by atoms with Crippen LogP contribution in [0.3, 0.4) is 0 Å². The van der Waals surface area contributed by atoms with Gasteiger partial charge in [-0.1, -0.05) is 70.9 Å². The summed E-state index contributed by atoms with van der Waals surface area (Å²) in [5.74, 6) is 4.58. The molecular formula is C31H48O2. The van der Waals surface area contributed by atoms with Crippen molar-refractivity contribution in [3.63, 3.8) is 0 Å². The Balaban J connectivity index is 1.31. The summed E-state index contributed by atoms with van der Waals surface area (Å²) in [5.41, 5.74) is 2.60. The molecule has 0 spiro atoms. The Bertz CT molecular complexity index is 785. The summed E-state index contributed by atoms with van der Waals surface area (Å²) in [6, 6.07) is 10.7. The van der Waals surface area contributed by atoms with Crippen molar-refractivity contribution in [2.45, 2.75) is 92.1 Å². The van der Waals surface area contributed by atoms with Gasteiger partial charge in [0.1, 0.15) is 0 Å². The maximum absolute atomic E-state index is 6.38. The summed E-state index contributed by atoms with van der Waals surface area (Å²) >= 11 is 0. The zero-order valence-electron chi connectivity index (χ0n) is 21.8. The van der Waals surface area contributed by atoms with Crippen molar-refractivity contribution in [1.82, 2.24) is 0 Å². The molecule has 7 unspecified atom stereocenters. The van der Waals surface area contributed by atoms with Crippen molar-refractivity contribution in [1.29, 1.82) is 0 Å². The van der Waals surface area contributed by atoms with Crippen molar-refractivity contribution in [3.05, 3.63) is 35.9 Å². The van der Waals surface area contributed by atoms with E-state index < -0.39 is 0 Å². The molecule has 0 amide bonds. The molecule has 1 saturated heterocycles. The summed E-state index contributed by atoms with van der Waals surface area (Å²) in [5, 5.41) is 0. The van der Waals surface area contributed by atoms with E-state index in [4.69, 9.17) is 9.47 Å². The molecule has 3 saturated carbocycles. The Labute approximate surface area is 203 Å². The fourth-order valence-corrected chi connectivity index (χ4v) is 9.44. The minimum absolute atomic E-state index is 0.251. The van der Waals surface area contributed by atoms with Crippen LogP contribution in [0.1, 0.15) is 91.0 Å². The van der Waals surface area contributed by atoms with Gasteiger partial charge in [-0.05, 0) is 90.9 Å². The largest absolute Gasteiger partial charge is 0.380 e. The number of rotatable bonds is 8. The van der Waals surface area contributed by atoms with Gasteiger partial charge in [0.05, 0.1) is 26.4 Å². The van der Waals surface area contributed by atoms with Crippen LogP contribution >= 0.6 is 0 Å². The first-order chi connectivity index (χ1) is 16.0. The van der Waals surface area contributed by atoms with Crippen LogP contribution in [-0.2, 0) is 16.1 Å². The number of hydrogen-bond donors (Lipinski definition) is 0. The van der Waals surface area contributed by atoms with Gasteiger partial charge >= 0.3 is 0 Å². The Morgan fingerprint density at radius 2 is 1.70 bits per heavy atom. The van der Waals surface area contributed by atoms with Gasteiger partial charge in [0, 0.05) is 5.41 Å². The molecule has 3 aliphatic carbocycles. The zero-order valence-corrected chi connectivity index (χ0v) is 21.8. The predicted molar refractivity (Wildman–Crippen MR) is 136 cm³/mol. The molecule has 4 aliphatic rings. The summed E-state index contributed by atoms with van der Waals surface area (Å²) in [6.07, 6.45) is 12.9. The van der Waals surface area contributed by atoms with E-state index in [0.29, 0.717) is 10.8 Å². The average molecular weight is 453 g/mol. The predicted octanol–water partition coefficient (Wildman–Crippen LogP) is 7.90. The van der Waals surface area contributed by atoms with E-state index in [1.165, 1.54) is 63.4 Å². The van der Waals surface area contributed by atoms with E-state index in [1.54, 1.807) is 0 Å². The third-order valence-corrected chi connectivity index (χ3v) is 11.4. The van der Waals surface area contributed by atoms with Gasteiger partial charge < -0.3 is 9.47 Å². The van der Waals surface area contributed by atoms with E-state index >= 15 is 0 Å². The molecule has 2 nitrogen and oxygen atoms in total. The van der Waals surface area contributed by atoms with Crippen LogP contribution in [0.5, 0.6) is 0 Å². The molecule has 5 rings (SSSR count). The van der Waals surface area contributed by atoms with Gasteiger partial charge in [-0.25, -0.2) is 0 Å². The van der Waals surface area contributed by atoms with E-state index in [9.17, 15) is 0 Å². The molecule has 7 atom stereocenters. The monoisotopic (exact) mass is 452 g/mol. The Morgan fingerprint density at radius 3 is 2.36 bits per heavy atom. The highest BCUT2D eigenvalue weighted by atomic mass is 16.5. The van der Waals surface area contributed by atoms with E-state index in [2.05, 4.69) is 58.0 Å². The molecule has 0 N–H and O–H groups in total. The standard InChI is InChI=1S/C31H48O2/c1-5-10-26-24-16-18-30(4)27(25(24)15-17-29(26,3)6-2)13-14-28(30)31(21-33-22-31)20-32-19-23-11-8-7-9-12-23/h7-9,11-12,24-28H,5-6,10,13-22H2,1-4H3. The minimum Gasteiger partial charge on any atom is -0.380 e. The molecule has 0 bridgehead atoms. The van der Waals surface area contributed by atoms with Crippen LogP contribution in [0.2, 0.25) is 0 Å². The van der Waals surface area contributed by atoms with Gasteiger partial charge in [-0.15, -0.1) is 0 Å². The van der Waals surface area contributed by atoms with Crippen LogP contribution in [0.4, 0.5) is 0 Å². The first-order valence-electron chi connectivity index (χ1n) is 14.2. The first kappa shape index (κ1) is 23.9. The lowest BCUT2D eigenvalue weighted by Gasteiger charge is -2.60. The smallest absolute Gasteiger partial charge is 0.0717 e. The highest BCUT2D eigenvalue weighted by Gasteiger charge is 2.63. The molecule has 0 aromatic heterocycles. The highest BCUT2D eigenvalue weighted by Crippen LogP contribution is 2.68. The van der Waals surface area contributed by atoms with Gasteiger partial charge in [0.15, 0.2) is 0 Å². The lowest BCUT2D eigenvalue weighted by Crippen LogP contribution is -2.58. The summed E-state index contributed by atoms with van der Waals surface area (Å²) < 4.78 is 12.3. The first-order valence-corrected chi connectivity index (χ1v) is 14.2. The van der Waals surface area contributed by atoms with Crippen molar-refractivity contribution >= 4 is 0 Å². The van der Waals surface area contributed by atoms with Crippen LogP contribution in [0.15, 0.2) is 30.3 Å². The molecule has 0 radical (unpaired) electrons. The van der Waals surface area contributed by atoms with Gasteiger partial charge in [0.25, 0.3) is 0 Å². The number of fused-ring (bicyclic) bond motifs is 3. The Hall–Kier alpha value is -0.860. The van der Waals surface area contributed by atoms with Crippen molar-refractivity contribution in [2.24, 2.45) is 45.8 Å². The quantitative estimate of drug-likeness (QED) is 0.399. The second-order valence-corrected chi connectivity index (χ2v) is 12.9. The maximum atomic E-state index is 6.38. The van der Waals surface area contributed by atoms with Crippen LogP contribution in [-0.4, -0.2) is 19.8 Å². The van der Waals surface area contributed by atoms with Gasteiger partial charge in [0.2, 0.25) is 0 Å². The topological polar surface area (TPSA) is 18.5 Å². The fraction of sp³-hybridized carbons (Fsp3) is 0.806. The highest BCUT2D eigenvalue weighted by molar-refractivity contribution is 5.14. The summed E-state index contributed by atoms with van der Waals surface area (Å²) in [7, 11) is 0. The molecule has 33 heavy (non-hydrogen) atoms. The Kier molecular flexibility index (Phi) is 6.73. The van der Waals surface area contributed by atoms with Crippen LogP contribution in [0.25, 0.3) is 0 Å². The third-order valence-electron chi connectivity index (χ3n) is 11.4. The van der Waals surface area contributed by atoms with Gasteiger partial charge in [-0.2, -0.15) is 0 Å².